The van der Waals surface area contributed by atoms with Crippen LogP contribution in [0.3, 0.4) is 0 Å². The minimum Gasteiger partial charge on any atom is -0.494 e. The van der Waals surface area contributed by atoms with Crippen LogP contribution in [0.25, 0.3) is 11.1 Å². The summed E-state index contributed by atoms with van der Waals surface area (Å²) in [7, 11) is 0. The third-order valence-electron chi connectivity index (χ3n) is 6.55. The Bertz CT molecular complexity index is 1080. The number of nitrogens with one attached hydrogen (secondary N) is 1. The van der Waals surface area contributed by atoms with Crippen LogP contribution in [0.1, 0.15) is 80.6 Å². The lowest BCUT2D eigenvalue weighted by atomic mass is 10.0. The molecule has 3 aromatic carbocycles. The number of unbranched alkanes of at least 4 members (excludes halogenated alkanes) is 8. The van der Waals surface area contributed by atoms with Crippen LogP contribution in [0, 0.1) is 0 Å². The van der Waals surface area contributed by atoms with Crippen molar-refractivity contribution in [2.75, 3.05) is 13.2 Å². The number of carbonyl (C=O) groups is 2. The molecule has 38 heavy (non-hydrogen) atoms. The van der Waals surface area contributed by atoms with Crippen molar-refractivity contribution in [3.8, 4) is 16.9 Å². The second-order valence-electron chi connectivity index (χ2n) is 9.68. The number of hydrogen-bond donors (Lipinski definition) is 1. The predicted molar refractivity (Wildman–Crippen MR) is 154 cm³/mol. The molecule has 0 heterocycles. The second-order valence-corrected chi connectivity index (χ2v) is 9.68. The fourth-order valence-corrected chi connectivity index (χ4v) is 4.26. The Balaban J connectivity index is 1.12. The van der Waals surface area contributed by atoms with Gasteiger partial charge in [-0.05, 0) is 48.6 Å². The van der Waals surface area contributed by atoms with Crippen LogP contribution < -0.4 is 10.1 Å². The van der Waals surface area contributed by atoms with Crippen molar-refractivity contribution in [1.82, 2.24) is 5.32 Å². The summed E-state index contributed by atoms with van der Waals surface area (Å²) in [4.78, 5) is 23.1. The number of amides is 1. The summed E-state index contributed by atoms with van der Waals surface area (Å²) in [5.74, 6) is 0.980. The third-order valence-corrected chi connectivity index (χ3v) is 6.55. The smallest absolute Gasteiger partial charge is 0.407 e. The van der Waals surface area contributed by atoms with Gasteiger partial charge in [-0.1, -0.05) is 112 Å². The second kappa shape index (κ2) is 17.0. The van der Waals surface area contributed by atoms with Crippen LogP contribution in [0.4, 0.5) is 4.79 Å². The van der Waals surface area contributed by atoms with Crippen molar-refractivity contribution in [3.05, 3.63) is 90.0 Å². The van der Waals surface area contributed by atoms with E-state index in [2.05, 4.69) is 17.4 Å². The van der Waals surface area contributed by atoms with Crippen LogP contribution in [-0.2, 0) is 11.3 Å². The zero-order valence-electron chi connectivity index (χ0n) is 22.6. The van der Waals surface area contributed by atoms with Crippen LogP contribution in [0.2, 0.25) is 0 Å². The molecule has 0 aliphatic carbocycles. The molecular formula is C33H41NO4. The number of benzene rings is 3. The summed E-state index contributed by atoms with van der Waals surface area (Å²) in [6, 6.07) is 25.6. The Labute approximate surface area is 227 Å². The summed E-state index contributed by atoms with van der Waals surface area (Å²) in [5, 5.41) is 2.83. The third kappa shape index (κ3) is 11.2. The maximum Gasteiger partial charge on any atom is 0.407 e. The molecule has 0 aliphatic rings. The molecule has 0 fully saturated rings. The number of hydrogen-bond acceptors (Lipinski definition) is 4. The zero-order chi connectivity index (χ0) is 26.8. The molecule has 0 spiro atoms. The monoisotopic (exact) mass is 515 g/mol. The Morgan fingerprint density at radius 3 is 1.82 bits per heavy atom. The van der Waals surface area contributed by atoms with Gasteiger partial charge in [0.25, 0.3) is 0 Å². The standard InChI is InChI=1S/C33H41NO4/c1-27(35)29-16-18-30(19-17-29)31-20-22-32(23-21-31)37-25-13-8-6-4-2-3-5-7-12-24-34-33(36)38-26-28-14-10-9-11-15-28/h9-11,14-23H,2-8,12-13,24-26H2,1H3,(H,34,36). The predicted octanol–water partition coefficient (Wildman–Crippen LogP) is 8.37. The van der Waals surface area contributed by atoms with Gasteiger partial charge in [-0.25, -0.2) is 4.79 Å². The summed E-state index contributed by atoms with van der Waals surface area (Å²) in [6.07, 6.45) is 10.3. The first-order valence-electron chi connectivity index (χ1n) is 13.9. The number of alkyl carbamates (subject to hydrolysis) is 1. The highest BCUT2D eigenvalue weighted by Gasteiger charge is 2.03. The van der Waals surface area contributed by atoms with E-state index in [-0.39, 0.29) is 11.9 Å². The summed E-state index contributed by atoms with van der Waals surface area (Å²) in [6.45, 7) is 3.31. The minimum atomic E-state index is -0.341. The minimum absolute atomic E-state index is 0.0840. The molecule has 3 aromatic rings. The van der Waals surface area contributed by atoms with Crippen molar-refractivity contribution >= 4 is 11.9 Å². The van der Waals surface area contributed by atoms with E-state index in [1.54, 1.807) is 6.92 Å². The van der Waals surface area contributed by atoms with Crippen molar-refractivity contribution in [2.45, 2.75) is 71.3 Å². The lowest BCUT2D eigenvalue weighted by Gasteiger charge is -2.08. The first-order valence-corrected chi connectivity index (χ1v) is 13.9. The quantitative estimate of drug-likeness (QED) is 0.145. The van der Waals surface area contributed by atoms with Crippen molar-refractivity contribution in [2.24, 2.45) is 0 Å². The van der Waals surface area contributed by atoms with Crippen LogP contribution in [-0.4, -0.2) is 25.0 Å². The van der Waals surface area contributed by atoms with E-state index in [9.17, 15) is 9.59 Å². The summed E-state index contributed by atoms with van der Waals surface area (Å²) < 4.78 is 11.1. The van der Waals surface area contributed by atoms with Gasteiger partial charge >= 0.3 is 6.09 Å². The average molecular weight is 516 g/mol. The number of rotatable bonds is 17. The molecule has 0 atom stereocenters. The molecule has 0 saturated heterocycles. The van der Waals surface area contributed by atoms with Gasteiger partial charge in [-0.3, -0.25) is 4.79 Å². The van der Waals surface area contributed by atoms with Gasteiger partial charge < -0.3 is 14.8 Å². The molecule has 3 rings (SSSR count). The lowest BCUT2D eigenvalue weighted by molar-refractivity contribution is 0.101. The molecule has 0 radical (unpaired) electrons. The maximum atomic E-state index is 11.7. The number of ketones is 1. The fourth-order valence-electron chi connectivity index (χ4n) is 4.26. The van der Waals surface area contributed by atoms with E-state index in [4.69, 9.17) is 9.47 Å². The Morgan fingerprint density at radius 1 is 0.658 bits per heavy atom. The maximum absolute atomic E-state index is 11.7. The van der Waals surface area contributed by atoms with Crippen molar-refractivity contribution in [3.63, 3.8) is 0 Å². The molecule has 0 unspecified atom stereocenters. The molecule has 1 amide bonds. The van der Waals surface area contributed by atoms with Gasteiger partial charge in [0, 0.05) is 12.1 Å². The molecule has 1 N–H and O–H groups in total. The highest BCUT2D eigenvalue weighted by molar-refractivity contribution is 5.94. The normalized spacial score (nSPS) is 10.7. The van der Waals surface area contributed by atoms with Gasteiger partial charge in [-0.2, -0.15) is 0 Å². The van der Waals surface area contributed by atoms with E-state index in [0.29, 0.717) is 13.2 Å². The van der Waals surface area contributed by atoms with Gasteiger partial charge in [0.1, 0.15) is 12.4 Å². The highest BCUT2D eigenvalue weighted by Crippen LogP contribution is 2.23. The molecule has 0 aromatic heterocycles. The molecule has 5 heteroatoms. The molecular weight excluding hydrogens is 474 g/mol. The van der Waals surface area contributed by atoms with E-state index in [1.807, 2.05) is 66.7 Å². The molecule has 0 saturated carbocycles. The van der Waals surface area contributed by atoms with Crippen LogP contribution in [0.15, 0.2) is 78.9 Å². The van der Waals surface area contributed by atoms with Gasteiger partial charge in [-0.15, -0.1) is 0 Å². The van der Waals surface area contributed by atoms with E-state index < -0.39 is 0 Å². The number of Topliss-reactive ketones (excluding diaryl/α,β-unsaturated/α-hetero) is 1. The first-order chi connectivity index (χ1) is 18.6. The lowest BCUT2D eigenvalue weighted by Crippen LogP contribution is -2.25. The molecule has 5 nitrogen and oxygen atoms in total. The van der Waals surface area contributed by atoms with Gasteiger partial charge in [0.05, 0.1) is 6.61 Å². The van der Waals surface area contributed by atoms with Gasteiger partial charge in [0.15, 0.2) is 5.78 Å². The Morgan fingerprint density at radius 2 is 1.21 bits per heavy atom. The number of carbonyl (C=O) groups excluding carboxylic acids is 2. The number of ether oxygens (including phenoxy) is 2. The van der Waals surface area contributed by atoms with Crippen LogP contribution in [0.5, 0.6) is 5.75 Å². The highest BCUT2D eigenvalue weighted by atomic mass is 16.5. The van der Waals surface area contributed by atoms with Crippen molar-refractivity contribution < 1.29 is 19.1 Å². The largest absolute Gasteiger partial charge is 0.494 e. The Hall–Kier alpha value is -3.60. The van der Waals surface area contributed by atoms with Crippen molar-refractivity contribution in [1.29, 1.82) is 0 Å². The fraction of sp³-hybridized carbons (Fsp3) is 0.394. The zero-order valence-corrected chi connectivity index (χ0v) is 22.6. The van der Waals surface area contributed by atoms with E-state index >= 15 is 0 Å². The summed E-state index contributed by atoms with van der Waals surface area (Å²) >= 11 is 0. The average Bonchev–Trinajstić information content (AvgIpc) is 2.95. The summed E-state index contributed by atoms with van der Waals surface area (Å²) in [5.41, 5.74) is 3.94. The van der Waals surface area contributed by atoms with E-state index in [0.717, 1.165) is 53.9 Å². The van der Waals surface area contributed by atoms with Crippen LogP contribution >= 0.6 is 0 Å². The topological polar surface area (TPSA) is 64.6 Å². The molecule has 0 aliphatic heterocycles. The first kappa shape index (κ1) is 29.0. The van der Waals surface area contributed by atoms with Gasteiger partial charge in [0.2, 0.25) is 0 Å². The molecule has 0 bridgehead atoms. The van der Waals surface area contributed by atoms with E-state index in [1.165, 1.54) is 38.5 Å². The molecule has 202 valence electrons. The SMILES string of the molecule is CC(=O)c1ccc(-c2ccc(OCCCCCCCCCCCNC(=O)OCc3ccccc3)cc2)cc1. The Kier molecular flexibility index (Phi) is 13.0.